The minimum absolute atomic E-state index is 1.89. The summed E-state index contributed by atoms with van der Waals surface area (Å²) in [7, 11) is -22.8. The Kier molecular flexibility index (Phi) is 13.0. The van der Waals surface area contributed by atoms with Crippen LogP contribution in [0.2, 0.25) is 131 Å². The highest BCUT2D eigenvalue weighted by molar-refractivity contribution is 6.94. The molecule has 0 aliphatic carbocycles. The average molecular weight is 681 g/mol. The highest BCUT2D eigenvalue weighted by atomic mass is 28.6. The zero-order valence-electron chi connectivity index (χ0n) is 27.8. The van der Waals surface area contributed by atoms with Gasteiger partial charge >= 0.3 is 35.0 Å². The van der Waals surface area contributed by atoms with Crippen LogP contribution in [0, 0.1) is 0 Å². The van der Waals surface area contributed by atoms with Crippen molar-refractivity contribution in [1.82, 2.24) is 0 Å². The number of hydrogen-bond acceptors (Lipinski definition) is 8. The van der Waals surface area contributed by atoms with Crippen LogP contribution in [0.25, 0.3) is 0 Å². The van der Waals surface area contributed by atoms with Crippen LogP contribution in [0.1, 0.15) is 0 Å². The summed E-state index contributed by atoms with van der Waals surface area (Å²) in [4.78, 5) is 0. The highest BCUT2D eigenvalue weighted by Gasteiger charge is 2.62. The van der Waals surface area contributed by atoms with Crippen molar-refractivity contribution in [2.75, 3.05) is 0 Å². The van der Waals surface area contributed by atoms with Gasteiger partial charge in [0.1, 0.15) is 0 Å². The molecule has 0 aromatic heterocycles. The summed E-state index contributed by atoms with van der Waals surface area (Å²) in [5.74, 6) is 0. The largest absolute Gasteiger partial charge is 0.640 e. The first-order chi connectivity index (χ1) is 15.7. The second-order valence-corrected chi connectivity index (χ2v) is 51.5. The molecule has 0 N–H and O–H groups in total. The van der Waals surface area contributed by atoms with Crippen molar-refractivity contribution < 1.29 is 32.9 Å². The number of hydrogen-bond donors (Lipinski definition) is 0. The Balaban J connectivity index is 6.93. The Bertz CT molecular complexity index is 662. The van der Waals surface area contributed by atoms with E-state index in [0.29, 0.717) is 0 Å². The second-order valence-electron chi connectivity index (χ2n) is 15.5. The van der Waals surface area contributed by atoms with E-state index in [4.69, 9.17) is 32.9 Å². The molecule has 17 heteroatoms. The Morgan fingerprint density at radius 1 is 0.243 bits per heavy atom. The van der Waals surface area contributed by atoms with Gasteiger partial charge in [0.25, 0.3) is 0 Å². The van der Waals surface area contributed by atoms with E-state index in [1.807, 2.05) is 6.55 Å². The molecule has 0 amide bonds. The third-order valence-corrected chi connectivity index (χ3v) is 32.1. The molecule has 0 heterocycles. The SMILES string of the molecule is C[Si](C)(C)O[Si](C)(C)O[Si](C)(O[Si](C)(C)O[Si](C)(C)C)O[Si](O[Si](C)(C)C)(O[Si](C)(C)C)O[Si](C)(C)C. The van der Waals surface area contributed by atoms with Crippen LogP contribution in [-0.2, 0) is 32.9 Å². The molecule has 0 saturated heterocycles. The summed E-state index contributed by atoms with van der Waals surface area (Å²) in [6, 6.07) is 0. The highest BCUT2D eigenvalue weighted by Crippen LogP contribution is 2.34. The molecule has 8 nitrogen and oxygen atoms in total. The molecule has 0 rings (SSSR count). The van der Waals surface area contributed by atoms with E-state index in [2.05, 4.69) is 124 Å². The molecule has 0 fully saturated rings. The molecule has 224 valence electrons. The Labute approximate surface area is 239 Å². The van der Waals surface area contributed by atoms with Gasteiger partial charge in [-0.3, -0.25) is 0 Å². The van der Waals surface area contributed by atoms with Crippen molar-refractivity contribution in [3.8, 4) is 0 Å². The van der Waals surface area contributed by atoms with Crippen LogP contribution in [0.3, 0.4) is 0 Å². The van der Waals surface area contributed by atoms with Crippen LogP contribution < -0.4 is 0 Å². The normalized spacial score (nSPS) is 15.9. The maximum absolute atomic E-state index is 7.07. The molecular formula is C20H60O8Si9. The van der Waals surface area contributed by atoms with Crippen LogP contribution in [0.5, 0.6) is 0 Å². The maximum Gasteiger partial charge on any atom is 0.640 e. The average Bonchev–Trinajstić information content (AvgIpc) is 2.29. The second kappa shape index (κ2) is 12.5. The monoisotopic (exact) mass is 680 g/mol. The summed E-state index contributed by atoms with van der Waals surface area (Å²) in [6.07, 6.45) is 0. The van der Waals surface area contributed by atoms with Crippen LogP contribution >= 0.6 is 0 Å². The Hall–Kier alpha value is 1.63. The van der Waals surface area contributed by atoms with E-state index in [-0.39, 0.29) is 0 Å². The first-order valence-electron chi connectivity index (χ1n) is 13.3. The van der Waals surface area contributed by atoms with E-state index in [1.54, 1.807) is 0 Å². The minimum atomic E-state index is -3.70. The molecule has 0 aromatic carbocycles. The molecule has 0 aliphatic heterocycles. The fraction of sp³-hybridized carbons (Fsp3) is 1.00. The van der Waals surface area contributed by atoms with Gasteiger partial charge in [-0.1, -0.05) is 0 Å². The molecule has 0 aliphatic rings. The van der Waals surface area contributed by atoms with E-state index < -0.39 is 76.6 Å². The molecule has 0 atom stereocenters. The fourth-order valence-corrected chi connectivity index (χ4v) is 39.7. The smallest absolute Gasteiger partial charge is 0.437 e. The van der Waals surface area contributed by atoms with Crippen molar-refractivity contribution in [2.24, 2.45) is 0 Å². The summed E-state index contributed by atoms with van der Waals surface area (Å²) in [5.41, 5.74) is 0. The van der Waals surface area contributed by atoms with Gasteiger partial charge in [-0.25, -0.2) is 0 Å². The molecule has 0 saturated carbocycles. The third-order valence-electron chi connectivity index (χ3n) is 3.57. The van der Waals surface area contributed by atoms with Crippen molar-refractivity contribution in [3.05, 3.63) is 0 Å². The van der Waals surface area contributed by atoms with Gasteiger partial charge in [0.15, 0.2) is 41.6 Å². The van der Waals surface area contributed by atoms with Crippen LogP contribution in [0.15, 0.2) is 0 Å². The van der Waals surface area contributed by atoms with Crippen molar-refractivity contribution in [3.63, 3.8) is 0 Å². The predicted molar refractivity (Wildman–Crippen MR) is 178 cm³/mol. The lowest BCUT2D eigenvalue weighted by atomic mass is 11.8. The lowest BCUT2D eigenvalue weighted by Gasteiger charge is -2.47. The van der Waals surface area contributed by atoms with Gasteiger partial charge in [0.2, 0.25) is 0 Å². The van der Waals surface area contributed by atoms with Gasteiger partial charge in [0.05, 0.1) is 0 Å². The van der Waals surface area contributed by atoms with Crippen LogP contribution in [0.4, 0.5) is 0 Å². The molecule has 0 aromatic rings. The summed E-state index contributed by atoms with van der Waals surface area (Å²) >= 11 is 0. The number of rotatable bonds is 16. The van der Waals surface area contributed by atoms with Crippen molar-refractivity contribution in [2.45, 2.75) is 131 Å². The fourth-order valence-electron chi connectivity index (χ4n) is 3.95. The quantitative estimate of drug-likeness (QED) is 0.154. The topological polar surface area (TPSA) is 73.8 Å². The van der Waals surface area contributed by atoms with E-state index in [0.717, 1.165) is 0 Å². The van der Waals surface area contributed by atoms with Crippen molar-refractivity contribution >= 4 is 76.6 Å². The zero-order chi connectivity index (χ0) is 30.2. The Morgan fingerprint density at radius 2 is 0.459 bits per heavy atom. The first-order valence-corrected chi connectivity index (χ1v) is 39.8. The first kappa shape index (κ1) is 38.6. The molecule has 0 spiro atoms. The molecular weight excluding hydrogens is 621 g/mol. The van der Waals surface area contributed by atoms with E-state index in [1.165, 1.54) is 0 Å². The van der Waals surface area contributed by atoms with E-state index >= 15 is 0 Å². The molecule has 37 heavy (non-hydrogen) atoms. The van der Waals surface area contributed by atoms with Gasteiger partial charge in [-0.2, -0.15) is 0 Å². The molecule has 0 unspecified atom stereocenters. The molecule has 0 radical (unpaired) electrons. The minimum Gasteiger partial charge on any atom is -0.437 e. The van der Waals surface area contributed by atoms with Gasteiger partial charge in [-0.15, -0.1) is 0 Å². The lowest BCUT2D eigenvalue weighted by molar-refractivity contribution is 0.103. The van der Waals surface area contributed by atoms with Gasteiger partial charge < -0.3 is 32.9 Å². The zero-order valence-corrected chi connectivity index (χ0v) is 36.8. The Morgan fingerprint density at radius 3 is 0.649 bits per heavy atom. The van der Waals surface area contributed by atoms with E-state index in [9.17, 15) is 0 Å². The molecule has 0 bridgehead atoms. The summed E-state index contributed by atoms with van der Waals surface area (Å²) in [6.45, 7) is 42.5. The summed E-state index contributed by atoms with van der Waals surface area (Å²) < 4.78 is 54.5. The summed E-state index contributed by atoms with van der Waals surface area (Å²) in [5, 5.41) is 0. The van der Waals surface area contributed by atoms with Gasteiger partial charge in [0, 0.05) is 6.55 Å². The standard InChI is InChI=1S/C20H60O8Si9/c1-29(2,3)21-34(16,17)26-36(20,27-35(18,19)22-30(4,5)6)28-37(23-31(7,8)9,24-32(10,11)12)25-33(13,14)15/h1-20H3. The predicted octanol–water partition coefficient (Wildman–Crippen LogP) is 7.70. The third kappa shape index (κ3) is 19.4. The van der Waals surface area contributed by atoms with Gasteiger partial charge in [-0.05, 0) is 124 Å². The van der Waals surface area contributed by atoms with Crippen LogP contribution in [-0.4, -0.2) is 76.6 Å². The maximum atomic E-state index is 7.07. The lowest BCUT2D eigenvalue weighted by Crippen LogP contribution is -2.70. The van der Waals surface area contributed by atoms with Crippen molar-refractivity contribution in [1.29, 1.82) is 0 Å².